The Hall–Kier alpha value is -2.80. The van der Waals surface area contributed by atoms with Crippen LogP contribution in [0, 0.1) is 17.0 Å². The molecular formula is C18H21N3O4. The zero-order valence-electron chi connectivity index (χ0n) is 14.5. The zero-order chi connectivity index (χ0) is 18.6. The molecule has 1 heterocycles. The van der Waals surface area contributed by atoms with Gasteiger partial charge < -0.3 is 10.0 Å². The van der Waals surface area contributed by atoms with Gasteiger partial charge in [0.1, 0.15) is 6.20 Å². The minimum absolute atomic E-state index is 0.0862. The maximum Gasteiger partial charge on any atom is 0.288 e. The molecular weight excluding hydrogens is 322 g/mol. The van der Waals surface area contributed by atoms with Crippen LogP contribution in [0.25, 0.3) is 0 Å². The monoisotopic (exact) mass is 343 g/mol. The lowest BCUT2D eigenvalue weighted by Crippen LogP contribution is -2.42. The maximum atomic E-state index is 13.0. The van der Waals surface area contributed by atoms with Gasteiger partial charge >= 0.3 is 0 Å². The van der Waals surface area contributed by atoms with Gasteiger partial charge in [0.25, 0.3) is 11.6 Å². The summed E-state index contributed by atoms with van der Waals surface area (Å²) in [6.07, 6.45) is 1.13. The Morgan fingerprint density at radius 2 is 1.96 bits per heavy atom. The fraction of sp³-hybridized carbons (Fsp3) is 0.333. The number of benzene rings is 1. The normalized spacial score (nSPS) is 11.2. The third-order valence-electron chi connectivity index (χ3n) is 3.59. The number of aromatic nitrogens is 1. The number of hydrogen-bond donors (Lipinski definition) is 1. The molecule has 0 atom stereocenters. The SMILES string of the molecule is Cc1ncc([N+](=O)[O-])cc1C(=O)N(Cc1ccccc1)CC(C)(C)O. The van der Waals surface area contributed by atoms with Gasteiger partial charge in [-0.25, -0.2) is 0 Å². The van der Waals surface area contributed by atoms with E-state index in [2.05, 4.69) is 4.98 Å². The fourth-order valence-corrected chi connectivity index (χ4v) is 2.48. The van der Waals surface area contributed by atoms with E-state index < -0.39 is 16.4 Å². The van der Waals surface area contributed by atoms with Crippen molar-refractivity contribution >= 4 is 11.6 Å². The van der Waals surface area contributed by atoms with Gasteiger partial charge in [-0.05, 0) is 26.3 Å². The fourth-order valence-electron chi connectivity index (χ4n) is 2.48. The number of carbonyl (C=O) groups is 1. The summed E-state index contributed by atoms with van der Waals surface area (Å²) in [5.41, 5.74) is 0.124. The largest absolute Gasteiger partial charge is 0.389 e. The highest BCUT2D eigenvalue weighted by Gasteiger charge is 2.26. The van der Waals surface area contributed by atoms with Gasteiger partial charge in [0.2, 0.25) is 0 Å². The lowest BCUT2D eigenvalue weighted by Gasteiger charge is -2.29. The summed E-state index contributed by atoms with van der Waals surface area (Å²) >= 11 is 0. The van der Waals surface area contributed by atoms with Gasteiger partial charge in [0.05, 0.1) is 21.8 Å². The van der Waals surface area contributed by atoms with Gasteiger partial charge in [-0.15, -0.1) is 0 Å². The summed E-state index contributed by atoms with van der Waals surface area (Å²) < 4.78 is 0. The minimum atomic E-state index is -1.10. The summed E-state index contributed by atoms with van der Waals surface area (Å²) in [7, 11) is 0. The van der Waals surface area contributed by atoms with Gasteiger partial charge in [0, 0.05) is 19.2 Å². The molecule has 7 heteroatoms. The molecule has 0 bridgehead atoms. The Balaban J connectivity index is 2.38. The van der Waals surface area contributed by atoms with E-state index in [1.165, 1.54) is 11.0 Å². The predicted molar refractivity (Wildman–Crippen MR) is 93.1 cm³/mol. The summed E-state index contributed by atoms with van der Waals surface area (Å²) in [4.78, 5) is 28.8. The molecule has 0 aliphatic carbocycles. The Morgan fingerprint density at radius 1 is 1.32 bits per heavy atom. The van der Waals surface area contributed by atoms with Crippen LogP contribution in [0.15, 0.2) is 42.6 Å². The lowest BCUT2D eigenvalue weighted by molar-refractivity contribution is -0.385. The van der Waals surface area contributed by atoms with Crippen molar-refractivity contribution in [2.75, 3.05) is 6.54 Å². The second-order valence-corrected chi connectivity index (χ2v) is 6.54. The molecule has 0 aliphatic heterocycles. The standard InChI is InChI=1S/C18H21N3O4/c1-13-16(9-15(10-19-13)21(24)25)17(22)20(12-18(2,3)23)11-14-7-5-4-6-8-14/h4-10,23H,11-12H2,1-3H3. The van der Waals surface area contributed by atoms with E-state index in [0.29, 0.717) is 5.69 Å². The minimum Gasteiger partial charge on any atom is -0.389 e. The van der Waals surface area contributed by atoms with Crippen LogP contribution < -0.4 is 0 Å². The number of nitrogens with zero attached hydrogens (tertiary/aromatic N) is 3. The maximum absolute atomic E-state index is 13.0. The summed E-state index contributed by atoms with van der Waals surface area (Å²) in [5, 5.41) is 21.1. The molecule has 132 valence electrons. The Bertz CT molecular complexity index is 770. The predicted octanol–water partition coefficient (Wildman–Crippen LogP) is 2.71. The first-order valence-electron chi connectivity index (χ1n) is 7.84. The Morgan fingerprint density at radius 3 is 2.52 bits per heavy atom. The molecule has 0 fully saturated rings. The van der Waals surface area contributed by atoms with E-state index in [-0.39, 0.29) is 24.3 Å². The van der Waals surface area contributed by atoms with Gasteiger partial charge in [-0.3, -0.25) is 19.9 Å². The number of carbonyl (C=O) groups excluding carboxylic acids is 1. The highest BCUT2D eigenvalue weighted by molar-refractivity contribution is 5.95. The van der Waals surface area contributed by atoms with Crippen LogP contribution >= 0.6 is 0 Å². The van der Waals surface area contributed by atoms with Crippen LogP contribution in [0.3, 0.4) is 0 Å². The molecule has 1 amide bonds. The van der Waals surface area contributed by atoms with Crippen LogP contribution in [-0.4, -0.2) is 38.0 Å². The molecule has 0 unspecified atom stereocenters. The van der Waals surface area contributed by atoms with Crippen molar-refractivity contribution in [3.63, 3.8) is 0 Å². The van der Waals surface area contributed by atoms with Crippen LogP contribution in [-0.2, 0) is 6.54 Å². The zero-order valence-corrected chi connectivity index (χ0v) is 14.5. The average molecular weight is 343 g/mol. The van der Waals surface area contributed by atoms with Crippen molar-refractivity contribution < 1.29 is 14.8 Å². The first-order valence-corrected chi connectivity index (χ1v) is 7.84. The Kier molecular flexibility index (Phi) is 5.48. The molecule has 0 aliphatic rings. The van der Waals surface area contributed by atoms with Crippen molar-refractivity contribution in [2.45, 2.75) is 32.9 Å². The number of rotatable bonds is 6. The number of aryl methyl sites for hydroxylation is 1. The van der Waals surface area contributed by atoms with Crippen molar-refractivity contribution in [1.82, 2.24) is 9.88 Å². The molecule has 0 radical (unpaired) electrons. The lowest BCUT2D eigenvalue weighted by atomic mass is 10.1. The van der Waals surface area contributed by atoms with Gasteiger partial charge in [-0.1, -0.05) is 30.3 Å². The summed E-state index contributed by atoms with van der Waals surface area (Å²) in [6.45, 7) is 5.21. The highest BCUT2D eigenvalue weighted by atomic mass is 16.6. The second kappa shape index (κ2) is 7.40. The molecule has 0 spiro atoms. The molecule has 1 aromatic carbocycles. The third kappa shape index (κ3) is 5.09. The van der Waals surface area contributed by atoms with Crippen LogP contribution in [0.5, 0.6) is 0 Å². The Labute approximate surface area is 146 Å². The second-order valence-electron chi connectivity index (χ2n) is 6.54. The molecule has 25 heavy (non-hydrogen) atoms. The van der Waals surface area contributed by atoms with Gasteiger partial charge in [-0.2, -0.15) is 0 Å². The molecule has 7 nitrogen and oxygen atoms in total. The number of nitro groups is 1. The van der Waals surface area contributed by atoms with Gasteiger partial charge in [0.15, 0.2) is 0 Å². The first kappa shape index (κ1) is 18.5. The quantitative estimate of drug-likeness (QED) is 0.642. The number of aliphatic hydroxyl groups is 1. The molecule has 2 rings (SSSR count). The first-order chi connectivity index (χ1) is 11.7. The van der Waals surface area contributed by atoms with Crippen LogP contribution in [0.1, 0.15) is 35.5 Å². The van der Waals surface area contributed by atoms with E-state index in [0.717, 1.165) is 11.8 Å². The molecule has 0 saturated heterocycles. The average Bonchev–Trinajstić information content (AvgIpc) is 2.53. The number of hydrogen-bond acceptors (Lipinski definition) is 5. The third-order valence-corrected chi connectivity index (χ3v) is 3.59. The molecule has 2 aromatic rings. The molecule has 0 saturated carbocycles. The van der Waals surface area contributed by atoms with E-state index in [4.69, 9.17) is 0 Å². The van der Waals surface area contributed by atoms with E-state index in [9.17, 15) is 20.0 Å². The highest BCUT2D eigenvalue weighted by Crippen LogP contribution is 2.19. The topological polar surface area (TPSA) is 96.6 Å². The van der Waals surface area contributed by atoms with E-state index >= 15 is 0 Å². The van der Waals surface area contributed by atoms with E-state index in [1.54, 1.807) is 20.8 Å². The number of amides is 1. The van der Waals surface area contributed by atoms with Crippen LogP contribution in [0.4, 0.5) is 5.69 Å². The number of pyridine rings is 1. The molecule has 1 aromatic heterocycles. The summed E-state index contributed by atoms with van der Waals surface area (Å²) in [6, 6.07) is 10.6. The van der Waals surface area contributed by atoms with Crippen LogP contribution in [0.2, 0.25) is 0 Å². The summed E-state index contributed by atoms with van der Waals surface area (Å²) in [5.74, 6) is -0.403. The van der Waals surface area contributed by atoms with Crippen molar-refractivity contribution in [3.8, 4) is 0 Å². The van der Waals surface area contributed by atoms with Crippen molar-refractivity contribution in [1.29, 1.82) is 0 Å². The molecule has 1 N–H and O–H groups in total. The van der Waals surface area contributed by atoms with E-state index in [1.807, 2.05) is 30.3 Å². The van der Waals surface area contributed by atoms with Crippen molar-refractivity contribution in [3.05, 3.63) is 69.5 Å². The van der Waals surface area contributed by atoms with Crippen molar-refractivity contribution in [2.24, 2.45) is 0 Å². The smallest absolute Gasteiger partial charge is 0.288 e.